The summed E-state index contributed by atoms with van der Waals surface area (Å²) in [5.74, 6) is 0.958. The topological polar surface area (TPSA) is 21.3 Å². The highest BCUT2D eigenvalue weighted by atomic mass is 16.5. The summed E-state index contributed by atoms with van der Waals surface area (Å²) in [7, 11) is 0. The largest absolute Gasteiger partial charge is 0.491 e. The Balaban J connectivity index is 2.67. The second-order valence-corrected chi connectivity index (χ2v) is 5.03. The number of hydrogen-bond donors (Lipinski definition) is 1. The van der Waals surface area contributed by atoms with Gasteiger partial charge in [0.1, 0.15) is 5.75 Å². The molecule has 0 spiro atoms. The predicted molar refractivity (Wildman–Crippen MR) is 78.1 cm³/mol. The lowest BCUT2D eigenvalue weighted by atomic mass is 10.0. The average molecular weight is 249 g/mol. The molecule has 0 aliphatic heterocycles. The summed E-state index contributed by atoms with van der Waals surface area (Å²) in [6.07, 6.45) is 3.80. The van der Waals surface area contributed by atoms with Crippen LogP contribution in [0.3, 0.4) is 0 Å². The van der Waals surface area contributed by atoms with Crippen LogP contribution in [0.4, 0.5) is 0 Å². The summed E-state index contributed by atoms with van der Waals surface area (Å²) in [4.78, 5) is 0. The first-order valence-electron chi connectivity index (χ1n) is 7.17. The number of rotatable bonds is 8. The van der Waals surface area contributed by atoms with Gasteiger partial charge in [0, 0.05) is 6.04 Å². The lowest BCUT2D eigenvalue weighted by Gasteiger charge is -2.19. The Morgan fingerprint density at radius 1 is 1.06 bits per heavy atom. The van der Waals surface area contributed by atoms with Gasteiger partial charge in [-0.15, -0.1) is 0 Å². The van der Waals surface area contributed by atoms with Crippen molar-refractivity contribution in [3.05, 3.63) is 29.8 Å². The van der Waals surface area contributed by atoms with Crippen molar-refractivity contribution in [2.45, 2.75) is 59.1 Å². The molecule has 0 radical (unpaired) electrons. The zero-order valence-electron chi connectivity index (χ0n) is 12.2. The summed E-state index contributed by atoms with van der Waals surface area (Å²) in [6, 6.07) is 8.99. The van der Waals surface area contributed by atoms with E-state index < -0.39 is 0 Å². The van der Waals surface area contributed by atoms with Crippen LogP contribution < -0.4 is 10.1 Å². The quantitative estimate of drug-likeness (QED) is 0.741. The molecule has 2 nitrogen and oxygen atoms in total. The lowest BCUT2D eigenvalue weighted by molar-refractivity contribution is 0.242. The van der Waals surface area contributed by atoms with Gasteiger partial charge in [0.15, 0.2) is 0 Å². The van der Waals surface area contributed by atoms with Crippen molar-refractivity contribution in [2.24, 2.45) is 0 Å². The Morgan fingerprint density at radius 3 is 2.22 bits per heavy atom. The third kappa shape index (κ3) is 5.09. The molecule has 0 amide bonds. The maximum absolute atomic E-state index is 5.67. The molecule has 2 heteroatoms. The number of hydrogen-bond acceptors (Lipinski definition) is 2. The number of benzene rings is 1. The first-order chi connectivity index (χ1) is 8.67. The molecule has 0 saturated carbocycles. The Bertz CT molecular complexity index is 318. The lowest BCUT2D eigenvalue weighted by Crippen LogP contribution is -2.21. The van der Waals surface area contributed by atoms with Gasteiger partial charge < -0.3 is 10.1 Å². The van der Waals surface area contributed by atoms with Crippen LogP contribution in [0.1, 0.15) is 58.6 Å². The molecular formula is C16H27NO. The van der Waals surface area contributed by atoms with Crippen LogP contribution in [0.15, 0.2) is 24.3 Å². The van der Waals surface area contributed by atoms with E-state index in [4.69, 9.17) is 4.74 Å². The molecule has 1 unspecified atom stereocenters. The molecule has 0 heterocycles. The standard InChI is InChI=1S/C16H27NO/c1-5-7-16(17-12-6-2)14-8-10-15(11-9-14)18-13(3)4/h8-11,13,16-17H,5-7,12H2,1-4H3. The fourth-order valence-electron chi connectivity index (χ4n) is 2.04. The van der Waals surface area contributed by atoms with E-state index in [2.05, 4.69) is 57.3 Å². The van der Waals surface area contributed by atoms with Crippen molar-refractivity contribution in [1.82, 2.24) is 5.32 Å². The molecule has 1 aromatic carbocycles. The molecule has 0 bridgehead atoms. The Morgan fingerprint density at radius 2 is 1.72 bits per heavy atom. The fraction of sp³-hybridized carbons (Fsp3) is 0.625. The van der Waals surface area contributed by atoms with Crippen LogP contribution in [-0.4, -0.2) is 12.6 Å². The van der Waals surface area contributed by atoms with E-state index in [-0.39, 0.29) is 6.10 Å². The smallest absolute Gasteiger partial charge is 0.119 e. The zero-order chi connectivity index (χ0) is 13.4. The minimum Gasteiger partial charge on any atom is -0.491 e. The number of nitrogens with one attached hydrogen (secondary N) is 1. The summed E-state index contributed by atoms with van der Waals surface area (Å²) in [6.45, 7) is 9.62. The van der Waals surface area contributed by atoms with Crippen LogP contribution in [0, 0.1) is 0 Å². The van der Waals surface area contributed by atoms with E-state index in [1.165, 1.54) is 24.8 Å². The molecular weight excluding hydrogens is 222 g/mol. The van der Waals surface area contributed by atoms with Crippen molar-refractivity contribution in [3.8, 4) is 5.75 Å². The van der Waals surface area contributed by atoms with Gasteiger partial charge in [0.05, 0.1) is 6.10 Å². The SMILES string of the molecule is CCCNC(CCC)c1ccc(OC(C)C)cc1. The van der Waals surface area contributed by atoms with Gasteiger partial charge in [0.2, 0.25) is 0 Å². The summed E-state index contributed by atoms with van der Waals surface area (Å²) in [5, 5.41) is 3.61. The molecule has 1 aromatic rings. The molecule has 1 N–H and O–H groups in total. The molecule has 0 aliphatic carbocycles. The highest BCUT2D eigenvalue weighted by molar-refractivity contribution is 5.29. The van der Waals surface area contributed by atoms with Crippen LogP contribution >= 0.6 is 0 Å². The van der Waals surface area contributed by atoms with Crippen LogP contribution in [-0.2, 0) is 0 Å². The highest BCUT2D eigenvalue weighted by Gasteiger charge is 2.09. The summed E-state index contributed by atoms with van der Waals surface area (Å²) in [5.41, 5.74) is 1.36. The average Bonchev–Trinajstić information content (AvgIpc) is 2.35. The molecule has 1 rings (SSSR count). The van der Waals surface area contributed by atoms with E-state index in [9.17, 15) is 0 Å². The van der Waals surface area contributed by atoms with Gasteiger partial charge in [-0.3, -0.25) is 0 Å². The van der Waals surface area contributed by atoms with Crippen molar-refractivity contribution < 1.29 is 4.74 Å². The summed E-state index contributed by atoms with van der Waals surface area (Å²) >= 11 is 0. The van der Waals surface area contributed by atoms with E-state index >= 15 is 0 Å². The molecule has 0 aliphatic rings. The van der Waals surface area contributed by atoms with Crippen molar-refractivity contribution >= 4 is 0 Å². The van der Waals surface area contributed by atoms with Gasteiger partial charge in [-0.2, -0.15) is 0 Å². The third-order valence-electron chi connectivity index (χ3n) is 2.87. The van der Waals surface area contributed by atoms with Crippen LogP contribution in [0.25, 0.3) is 0 Å². The Kier molecular flexibility index (Phi) is 6.81. The number of ether oxygens (including phenoxy) is 1. The van der Waals surface area contributed by atoms with Crippen molar-refractivity contribution in [1.29, 1.82) is 0 Å². The predicted octanol–water partition coefficient (Wildman–Crippen LogP) is 4.31. The van der Waals surface area contributed by atoms with Gasteiger partial charge in [-0.05, 0) is 50.9 Å². The second kappa shape index (κ2) is 8.15. The molecule has 0 saturated heterocycles. The normalized spacial score (nSPS) is 12.7. The van der Waals surface area contributed by atoms with E-state index in [0.717, 1.165) is 12.3 Å². The van der Waals surface area contributed by atoms with Crippen molar-refractivity contribution in [2.75, 3.05) is 6.54 Å². The summed E-state index contributed by atoms with van der Waals surface area (Å²) < 4.78 is 5.67. The minimum absolute atomic E-state index is 0.237. The first kappa shape index (κ1) is 15.0. The second-order valence-electron chi connectivity index (χ2n) is 5.03. The maximum atomic E-state index is 5.67. The minimum atomic E-state index is 0.237. The van der Waals surface area contributed by atoms with Gasteiger partial charge in [-0.25, -0.2) is 0 Å². The van der Waals surface area contributed by atoms with Gasteiger partial charge in [-0.1, -0.05) is 32.4 Å². The maximum Gasteiger partial charge on any atom is 0.119 e. The van der Waals surface area contributed by atoms with Gasteiger partial charge in [0.25, 0.3) is 0 Å². The molecule has 102 valence electrons. The molecule has 0 aromatic heterocycles. The fourth-order valence-corrected chi connectivity index (χ4v) is 2.04. The van der Waals surface area contributed by atoms with Crippen LogP contribution in [0.5, 0.6) is 5.75 Å². The third-order valence-corrected chi connectivity index (χ3v) is 2.87. The van der Waals surface area contributed by atoms with E-state index in [1.807, 2.05) is 0 Å². The monoisotopic (exact) mass is 249 g/mol. The Labute approximate surface area is 112 Å². The molecule has 0 fully saturated rings. The van der Waals surface area contributed by atoms with E-state index in [1.54, 1.807) is 0 Å². The highest BCUT2D eigenvalue weighted by Crippen LogP contribution is 2.22. The van der Waals surface area contributed by atoms with Crippen LogP contribution in [0.2, 0.25) is 0 Å². The molecule has 18 heavy (non-hydrogen) atoms. The Hall–Kier alpha value is -1.02. The van der Waals surface area contributed by atoms with Gasteiger partial charge >= 0.3 is 0 Å². The first-order valence-corrected chi connectivity index (χ1v) is 7.17. The van der Waals surface area contributed by atoms with Crippen molar-refractivity contribution in [3.63, 3.8) is 0 Å². The molecule has 1 atom stereocenters. The zero-order valence-corrected chi connectivity index (χ0v) is 12.2. The van der Waals surface area contributed by atoms with E-state index in [0.29, 0.717) is 6.04 Å².